The summed E-state index contributed by atoms with van der Waals surface area (Å²) in [5, 5.41) is 8.54. The van der Waals surface area contributed by atoms with Gasteiger partial charge in [-0.1, -0.05) is 0 Å². The molecule has 0 aliphatic heterocycles. The van der Waals surface area contributed by atoms with Crippen molar-refractivity contribution in [3.63, 3.8) is 0 Å². The van der Waals surface area contributed by atoms with Crippen LogP contribution in [0.25, 0.3) is 11.2 Å². The number of aryl methyl sites for hydroxylation is 2. The number of H-pyrrole nitrogens is 1. The van der Waals surface area contributed by atoms with Crippen LogP contribution < -0.4 is 0 Å². The number of nitrogens with zero attached hydrogens (tertiary/aromatic N) is 2. The van der Waals surface area contributed by atoms with E-state index in [1.807, 2.05) is 13.0 Å². The van der Waals surface area contributed by atoms with Gasteiger partial charge < -0.3 is 10.1 Å². The van der Waals surface area contributed by atoms with Crippen LogP contribution in [0.1, 0.15) is 17.8 Å². The molecular weight excluding hydrogens is 194 g/mol. The predicted molar refractivity (Wildman–Crippen MR) is 54.6 cm³/mol. The molecule has 0 spiro atoms. The second-order valence-corrected chi connectivity index (χ2v) is 3.46. The molecule has 0 amide bonds. The van der Waals surface area contributed by atoms with Gasteiger partial charge in [0.2, 0.25) is 0 Å². The molecule has 2 heterocycles. The lowest BCUT2D eigenvalue weighted by atomic mass is 10.3. The average Bonchev–Trinajstić information content (AvgIpc) is 2.56. The summed E-state index contributed by atoms with van der Waals surface area (Å²) in [7, 11) is 0. The third-order valence-corrected chi connectivity index (χ3v) is 2.10. The number of aliphatic carboxylic acids is 1. The van der Waals surface area contributed by atoms with Crippen molar-refractivity contribution < 1.29 is 9.90 Å². The number of aromatic nitrogens is 3. The fourth-order valence-electron chi connectivity index (χ4n) is 1.40. The van der Waals surface area contributed by atoms with E-state index in [0.717, 1.165) is 11.1 Å². The Morgan fingerprint density at radius 1 is 1.60 bits per heavy atom. The number of hydrogen-bond acceptors (Lipinski definition) is 3. The van der Waals surface area contributed by atoms with E-state index in [1.165, 1.54) is 0 Å². The zero-order chi connectivity index (χ0) is 10.8. The average molecular weight is 205 g/mol. The van der Waals surface area contributed by atoms with Gasteiger partial charge in [0.05, 0.1) is 11.9 Å². The first-order valence-electron chi connectivity index (χ1n) is 4.68. The standard InChI is InChI=1S/C10H11N3O2/c1-6-4-7-10(11-5-6)13-8(12-7)2-3-9(14)15/h4-5H,2-3H2,1H3,(H,14,15)(H,11,12,13). The lowest BCUT2D eigenvalue weighted by Crippen LogP contribution is -1.98. The van der Waals surface area contributed by atoms with Gasteiger partial charge in [0.15, 0.2) is 5.65 Å². The molecule has 2 rings (SSSR count). The highest BCUT2D eigenvalue weighted by Gasteiger charge is 2.05. The third kappa shape index (κ3) is 2.12. The Balaban J connectivity index is 2.27. The van der Waals surface area contributed by atoms with Gasteiger partial charge in [0.25, 0.3) is 0 Å². The molecule has 2 aromatic heterocycles. The van der Waals surface area contributed by atoms with E-state index in [-0.39, 0.29) is 6.42 Å². The van der Waals surface area contributed by atoms with E-state index >= 15 is 0 Å². The van der Waals surface area contributed by atoms with Gasteiger partial charge in [-0.05, 0) is 18.6 Å². The number of hydrogen-bond donors (Lipinski definition) is 2. The van der Waals surface area contributed by atoms with Crippen molar-refractivity contribution in [1.82, 2.24) is 15.0 Å². The number of nitrogens with one attached hydrogen (secondary N) is 1. The Morgan fingerprint density at radius 2 is 2.40 bits per heavy atom. The molecular formula is C10H11N3O2. The molecule has 0 aliphatic carbocycles. The molecule has 0 fully saturated rings. The molecule has 2 N–H and O–H groups in total. The van der Waals surface area contributed by atoms with E-state index in [0.29, 0.717) is 17.9 Å². The van der Waals surface area contributed by atoms with Crippen LogP contribution in [0.3, 0.4) is 0 Å². The third-order valence-electron chi connectivity index (χ3n) is 2.10. The van der Waals surface area contributed by atoms with Crippen LogP contribution in [0.2, 0.25) is 0 Å². The normalized spacial score (nSPS) is 10.7. The van der Waals surface area contributed by atoms with Crippen LogP contribution in [-0.4, -0.2) is 26.0 Å². The van der Waals surface area contributed by atoms with Crippen molar-refractivity contribution >= 4 is 17.1 Å². The van der Waals surface area contributed by atoms with Crippen molar-refractivity contribution in [3.05, 3.63) is 23.7 Å². The molecule has 0 unspecified atom stereocenters. The van der Waals surface area contributed by atoms with Gasteiger partial charge in [-0.15, -0.1) is 0 Å². The minimum absolute atomic E-state index is 0.0821. The summed E-state index contributed by atoms with van der Waals surface area (Å²) in [6, 6.07) is 1.94. The minimum Gasteiger partial charge on any atom is -0.481 e. The maximum atomic E-state index is 10.4. The number of carboxylic acid groups (broad SMARTS) is 1. The summed E-state index contributed by atoms with van der Waals surface area (Å²) in [5.41, 5.74) is 2.55. The lowest BCUT2D eigenvalue weighted by Gasteiger charge is -1.90. The number of aromatic amines is 1. The number of carboxylic acids is 1. The molecule has 2 aromatic rings. The van der Waals surface area contributed by atoms with Crippen LogP contribution in [-0.2, 0) is 11.2 Å². The van der Waals surface area contributed by atoms with E-state index < -0.39 is 5.97 Å². The molecule has 78 valence electrons. The zero-order valence-electron chi connectivity index (χ0n) is 8.32. The van der Waals surface area contributed by atoms with Crippen molar-refractivity contribution in [2.75, 3.05) is 0 Å². The fourth-order valence-corrected chi connectivity index (χ4v) is 1.40. The molecule has 0 saturated heterocycles. The molecule has 0 aliphatic rings. The Labute approximate surface area is 86.2 Å². The Bertz CT molecular complexity index is 504. The number of rotatable bonds is 3. The number of pyridine rings is 1. The summed E-state index contributed by atoms with van der Waals surface area (Å²) in [4.78, 5) is 21.8. The van der Waals surface area contributed by atoms with Gasteiger partial charge in [-0.25, -0.2) is 9.97 Å². The number of carbonyl (C=O) groups is 1. The van der Waals surface area contributed by atoms with E-state index in [9.17, 15) is 4.79 Å². The first-order chi connectivity index (χ1) is 7.15. The van der Waals surface area contributed by atoms with Crippen LogP contribution in [0.4, 0.5) is 0 Å². The van der Waals surface area contributed by atoms with Crippen molar-refractivity contribution in [2.45, 2.75) is 19.8 Å². The number of imidazole rings is 1. The highest BCUT2D eigenvalue weighted by molar-refractivity contribution is 5.71. The van der Waals surface area contributed by atoms with Crippen LogP contribution in [0.15, 0.2) is 12.3 Å². The molecule has 0 bridgehead atoms. The maximum Gasteiger partial charge on any atom is 0.303 e. The van der Waals surface area contributed by atoms with Crippen molar-refractivity contribution in [2.24, 2.45) is 0 Å². The maximum absolute atomic E-state index is 10.4. The molecule has 0 atom stereocenters. The summed E-state index contributed by atoms with van der Waals surface area (Å²) in [6.07, 6.45) is 2.23. The van der Waals surface area contributed by atoms with Crippen LogP contribution >= 0.6 is 0 Å². The first kappa shape index (κ1) is 9.64. The van der Waals surface area contributed by atoms with E-state index in [1.54, 1.807) is 6.20 Å². The SMILES string of the molecule is Cc1cnc2nc(CCC(=O)O)[nH]c2c1. The quantitative estimate of drug-likeness (QED) is 0.791. The monoisotopic (exact) mass is 205 g/mol. The minimum atomic E-state index is -0.820. The first-order valence-corrected chi connectivity index (χ1v) is 4.68. The van der Waals surface area contributed by atoms with Crippen LogP contribution in [0, 0.1) is 6.92 Å². The summed E-state index contributed by atoms with van der Waals surface area (Å²) in [5.74, 6) is -0.148. The summed E-state index contributed by atoms with van der Waals surface area (Å²) >= 11 is 0. The summed E-state index contributed by atoms with van der Waals surface area (Å²) < 4.78 is 0. The zero-order valence-corrected chi connectivity index (χ0v) is 8.32. The molecule has 0 aromatic carbocycles. The Kier molecular flexibility index (Phi) is 2.37. The van der Waals surface area contributed by atoms with Gasteiger partial charge in [-0.2, -0.15) is 0 Å². The largest absolute Gasteiger partial charge is 0.481 e. The van der Waals surface area contributed by atoms with Gasteiger partial charge >= 0.3 is 5.97 Å². The molecule has 0 saturated carbocycles. The highest BCUT2D eigenvalue weighted by Crippen LogP contribution is 2.11. The van der Waals surface area contributed by atoms with Crippen molar-refractivity contribution in [3.8, 4) is 0 Å². The second-order valence-electron chi connectivity index (χ2n) is 3.46. The smallest absolute Gasteiger partial charge is 0.303 e. The van der Waals surface area contributed by atoms with Gasteiger partial charge in [-0.3, -0.25) is 4.79 Å². The van der Waals surface area contributed by atoms with E-state index in [2.05, 4.69) is 15.0 Å². The second kappa shape index (κ2) is 3.68. The molecule has 5 heteroatoms. The Hall–Kier alpha value is -1.91. The number of fused-ring (bicyclic) bond motifs is 1. The van der Waals surface area contributed by atoms with E-state index in [4.69, 9.17) is 5.11 Å². The lowest BCUT2D eigenvalue weighted by molar-refractivity contribution is -0.137. The van der Waals surface area contributed by atoms with Gasteiger partial charge in [0, 0.05) is 12.6 Å². The van der Waals surface area contributed by atoms with Crippen LogP contribution in [0.5, 0.6) is 0 Å². The highest BCUT2D eigenvalue weighted by atomic mass is 16.4. The van der Waals surface area contributed by atoms with Crippen molar-refractivity contribution in [1.29, 1.82) is 0 Å². The van der Waals surface area contributed by atoms with Gasteiger partial charge in [0.1, 0.15) is 5.82 Å². The Morgan fingerprint density at radius 3 is 3.13 bits per heavy atom. The molecule has 5 nitrogen and oxygen atoms in total. The fraction of sp³-hybridized carbons (Fsp3) is 0.300. The molecule has 0 radical (unpaired) electrons. The molecule has 15 heavy (non-hydrogen) atoms. The topological polar surface area (TPSA) is 78.9 Å². The summed E-state index contributed by atoms with van der Waals surface area (Å²) in [6.45, 7) is 1.95. The predicted octanol–water partition coefficient (Wildman–Crippen LogP) is 1.28.